The molecule has 4 aromatic rings. The highest BCUT2D eigenvalue weighted by molar-refractivity contribution is 7.74. The molecule has 0 amide bonds. The van der Waals surface area contributed by atoms with E-state index in [2.05, 4.69) is 53.1 Å². The number of nitrogens with zero attached hydrogens (tertiary/aromatic N) is 5. The zero-order valence-electron chi connectivity index (χ0n) is 23.2. The minimum atomic E-state index is -0.763. The smallest absolute Gasteiger partial charge is 0.180 e. The van der Waals surface area contributed by atoms with Gasteiger partial charge in [-0.15, -0.1) is 11.6 Å². The van der Waals surface area contributed by atoms with Gasteiger partial charge >= 0.3 is 0 Å². The predicted octanol–water partition coefficient (Wildman–Crippen LogP) is 7.52. The Balaban J connectivity index is 0.00000216. The third kappa shape index (κ3) is 7.96. The van der Waals surface area contributed by atoms with Gasteiger partial charge in [-0.3, -0.25) is 0 Å². The first kappa shape index (κ1) is 30.9. The monoisotopic (exact) mass is 581 g/mol. The summed E-state index contributed by atoms with van der Waals surface area (Å²) < 4.78 is 11.2. The normalized spacial score (nSPS) is 12.9. The predicted molar refractivity (Wildman–Crippen MR) is 161 cm³/mol. The van der Waals surface area contributed by atoms with Crippen LogP contribution in [0.25, 0.3) is 22.4 Å². The van der Waals surface area contributed by atoms with Crippen LogP contribution in [0.3, 0.4) is 0 Å². The molecule has 40 heavy (non-hydrogen) atoms. The lowest BCUT2D eigenvalue weighted by molar-refractivity contribution is -0.955. The van der Waals surface area contributed by atoms with Crippen LogP contribution in [0.15, 0.2) is 54.7 Å². The van der Waals surface area contributed by atoms with Crippen molar-refractivity contribution in [2.24, 2.45) is 0 Å². The summed E-state index contributed by atoms with van der Waals surface area (Å²) >= 11 is 9.79. The van der Waals surface area contributed by atoms with Gasteiger partial charge in [-0.05, 0) is 59.0 Å². The van der Waals surface area contributed by atoms with E-state index in [0.29, 0.717) is 58.0 Å². The molecule has 0 saturated carbocycles. The Morgan fingerprint density at radius 1 is 1.12 bits per heavy atom. The second-order valence-electron chi connectivity index (χ2n) is 8.79. The number of alkyl halides is 1. The molecule has 210 valence electrons. The van der Waals surface area contributed by atoms with E-state index in [0.717, 1.165) is 17.5 Å². The standard InChI is InChI=1S/C27H28ClN6O3S.C2H6/c1-4-17(2)22-14-21(13-19(15-29)26(22)36-12-11-28)37-20-7-5-18(6-8-20)24-16-30-27-23(31-24)9-10-25(32-27)33-34(3,35)38;1-2/h5-10,13-14,16-17,35,38H,4,11-12H2,1-3H3,(H,30,32,33);1-2H3/q+1;. The van der Waals surface area contributed by atoms with Crippen molar-refractivity contribution < 1.29 is 18.8 Å². The SMILES string of the molecule is CC.CCC(C)c1cc(Oc2ccc(-c3cnc4nc(N[N+](C)(O)S)ccc4n3)cc2)cc(C#N)c1OCCCl. The van der Waals surface area contributed by atoms with Gasteiger partial charge in [0.25, 0.3) is 0 Å². The summed E-state index contributed by atoms with van der Waals surface area (Å²) in [4.78, 5) is 13.4. The Labute approximate surface area is 245 Å². The van der Waals surface area contributed by atoms with Crippen molar-refractivity contribution >= 4 is 41.4 Å². The lowest BCUT2D eigenvalue weighted by atomic mass is 9.95. The number of hydrogen-bond donors (Lipinski definition) is 3. The molecule has 2 aromatic heterocycles. The number of aromatic nitrogens is 3. The quantitative estimate of drug-likeness (QED) is 0.0762. The maximum absolute atomic E-state index is 9.75. The Kier molecular flexibility index (Phi) is 10.9. The van der Waals surface area contributed by atoms with Crippen LogP contribution < -0.4 is 14.9 Å². The maximum Gasteiger partial charge on any atom is 0.180 e. The van der Waals surface area contributed by atoms with Crippen LogP contribution in [0.1, 0.15) is 51.2 Å². The Hall–Kier alpha value is -3.62. The molecule has 2 aromatic carbocycles. The molecule has 0 radical (unpaired) electrons. The van der Waals surface area contributed by atoms with Gasteiger partial charge in [-0.25, -0.2) is 15.0 Å². The Morgan fingerprint density at radius 3 is 2.48 bits per heavy atom. The van der Waals surface area contributed by atoms with Crippen LogP contribution in [-0.2, 0) is 0 Å². The fourth-order valence-corrected chi connectivity index (χ4v) is 3.99. The number of pyridine rings is 1. The minimum absolute atomic E-state index is 0.177. The van der Waals surface area contributed by atoms with Crippen molar-refractivity contribution in [3.63, 3.8) is 0 Å². The molecule has 0 fully saturated rings. The van der Waals surface area contributed by atoms with Gasteiger partial charge in [0.15, 0.2) is 11.5 Å². The van der Waals surface area contributed by atoms with E-state index in [1.54, 1.807) is 24.4 Å². The number of ether oxygens (including phenoxy) is 2. The van der Waals surface area contributed by atoms with Gasteiger partial charge < -0.3 is 9.47 Å². The molecule has 11 heteroatoms. The number of fused-ring (bicyclic) bond motifs is 1. The fourth-order valence-electron chi connectivity index (χ4n) is 3.81. The molecule has 9 nitrogen and oxygen atoms in total. The van der Waals surface area contributed by atoms with Gasteiger partial charge in [-0.1, -0.05) is 27.7 Å². The Bertz CT molecular complexity index is 1470. The van der Waals surface area contributed by atoms with Gasteiger partial charge in [0, 0.05) is 17.2 Å². The van der Waals surface area contributed by atoms with E-state index in [1.807, 2.05) is 44.2 Å². The molecular weight excluding hydrogens is 548 g/mol. The number of thiol groups is 1. The lowest BCUT2D eigenvalue weighted by Crippen LogP contribution is -2.35. The highest BCUT2D eigenvalue weighted by Gasteiger charge is 2.18. The zero-order valence-corrected chi connectivity index (χ0v) is 24.9. The first-order valence-corrected chi connectivity index (χ1v) is 13.9. The largest absolute Gasteiger partial charge is 0.491 e. The molecule has 2 atom stereocenters. The lowest BCUT2D eigenvalue weighted by Gasteiger charge is -2.18. The van der Waals surface area contributed by atoms with Crippen LogP contribution in [0.2, 0.25) is 0 Å². The number of anilines is 1. The number of nitrogens with one attached hydrogen (secondary N) is 1. The maximum atomic E-state index is 9.75. The molecule has 0 aliphatic rings. The summed E-state index contributed by atoms with van der Waals surface area (Å²) in [5.74, 6) is 2.66. The van der Waals surface area contributed by atoms with E-state index in [9.17, 15) is 10.5 Å². The fraction of sp³-hybridized carbons (Fsp3) is 0.310. The van der Waals surface area contributed by atoms with Gasteiger partial charge in [-0.2, -0.15) is 15.9 Å². The Morgan fingerprint density at radius 2 is 1.85 bits per heavy atom. The van der Waals surface area contributed by atoms with E-state index in [-0.39, 0.29) is 5.92 Å². The van der Waals surface area contributed by atoms with Gasteiger partial charge in [0.2, 0.25) is 0 Å². The van der Waals surface area contributed by atoms with Crippen molar-refractivity contribution in [2.75, 3.05) is 25.0 Å². The summed E-state index contributed by atoms with van der Waals surface area (Å²) in [5, 5.41) is 19.5. The number of halogens is 1. The number of quaternary nitrogens is 1. The van der Waals surface area contributed by atoms with Crippen LogP contribution in [0.5, 0.6) is 17.2 Å². The molecule has 0 aliphatic carbocycles. The summed E-state index contributed by atoms with van der Waals surface area (Å²) in [7, 11) is 1.44. The summed E-state index contributed by atoms with van der Waals surface area (Å²) in [6.07, 6.45) is 2.52. The van der Waals surface area contributed by atoms with Crippen LogP contribution >= 0.6 is 24.4 Å². The summed E-state index contributed by atoms with van der Waals surface area (Å²) in [5.41, 5.74) is 6.61. The van der Waals surface area contributed by atoms with E-state index >= 15 is 0 Å². The second-order valence-corrected chi connectivity index (χ2v) is 9.95. The number of nitriles is 1. The van der Waals surface area contributed by atoms with Gasteiger partial charge in [0.05, 0.1) is 23.3 Å². The average molecular weight is 582 g/mol. The van der Waals surface area contributed by atoms with Crippen molar-refractivity contribution in [1.82, 2.24) is 15.0 Å². The first-order chi connectivity index (χ1) is 19.2. The molecule has 2 N–H and O–H groups in total. The van der Waals surface area contributed by atoms with Crippen molar-refractivity contribution in [3.8, 4) is 34.6 Å². The molecule has 4 rings (SSSR count). The van der Waals surface area contributed by atoms with Crippen LogP contribution in [0.4, 0.5) is 5.82 Å². The zero-order chi connectivity index (χ0) is 29.3. The van der Waals surface area contributed by atoms with Crippen molar-refractivity contribution in [2.45, 2.75) is 40.0 Å². The number of hydrogen-bond acceptors (Lipinski definition) is 9. The molecular formula is C29H34ClN6O3S+. The first-order valence-electron chi connectivity index (χ1n) is 13.0. The van der Waals surface area contributed by atoms with Crippen molar-refractivity contribution in [1.29, 1.82) is 5.26 Å². The van der Waals surface area contributed by atoms with Crippen LogP contribution in [-0.4, -0.2) is 43.9 Å². The van der Waals surface area contributed by atoms with E-state index < -0.39 is 4.16 Å². The highest BCUT2D eigenvalue weighted by Crippen LogP contribution is 2.37. The number of rotatable bonds is 10. The second kappa shape index (κ2) is 14.1. The van der Waals surface area contributed by atoms with Gasteiger partial charge in [0.1, 0.15) is 55.3 Å². The topological polar surface area (TPSA) is 113 Å². The highest BCUT2D eigenvalue weighted by atomic mass is 35.5. The summed E-state index contributed by atoms with van der Waals surface area (Å²) in [6, 6.07) is 16.7. The van der Waals surface area contributed by atoms with Crippen molar-refractivity contribution in [3.05, 3.63) is 65.9 Å². The number of benzene rings is 2. The number of hydroxylamine groups is 1. The summed E-state index contributed by atoms with van der Waals surface area (Å²) in [6.45, 7) is 8.50. The molecule has 0 aliphatic heterocycles. The average Bonchev–Trinajstić information content (AvgIpc) is 2.96. The van der Waals surface area contributed by atoms with Crippen LogP contribution in [0, 0.1) is 11.3 Å². The minimum Gasteiger partial charge on any atom is -0.491 e. The third-order valence-electron chi connectivity index (χ3n) is 5.80. The van der Waals surface area contributed by atoms with E-state index in [4.69, 9.17) is 21.1 Å². The molecule has 2 unspecified atom stereocenters. The molecule has 2 heterocycles. The molecule has 0 spiro atoms. The third-order valence-corrected chi connectivity index (χ3v) is 6.05. The molecule has 0 bridgehead atoms. The van der Waals surface area contributed by atoms with E-state index in [1.165, 1.54) is 7.05 Å². The molecule has 0 saturated heterocycles.